The Morgan fingerprint density at radius 3 is 2.88 bits per heavy atom. The van der Waals surface area contributed by atoms with Gasteiger partial charge in [0.15, 0.2) is 0 Å². The number of nitriles is 1. The van der Waals surface area contributed by atoms with Crippen LogP contribution in [0.1, 0.15) is 12.5 Å². The van der Waals surface area contributed by atoms with Crippen LogP contribution in [-0.4, -0.2) is 11.0 Å². The van der Waals surface area contributed by atoms with Gasteiger partial charge in [-0.1, -0.05) is 11.6 Å². The second-order valence-electron chi connectivity index (χ2n) is 3.37. The maximum Gasteiger partial charge on any atom is 0.221 e. The monoisotopic (exact) mass is 266 g/mol. The maximum atomic E-state index is 11.0. The van der Waals surface area contributed by atoms with E-state index in [1.807, 2.05) is 6.07 Å². The molecule has 1 heterocycles. The number of nitrogens with one attached hydrogen (secondary N) is 1. The molecule has 0 aliphatic heterocycles. The molecule has 0 radical (unpaired) electrons. The van der Waals surface area contributed by atoms with Crippen molar-refractivity contribution < 1.29 is 9.90 Å². The van der Waals surface area contributed by atoms with E-state index in [2.05, 4.69) is 5.32 Å². The van der Waals surface area contributed by atoms with E-state index in [1.54, 1.807) is 6.07 Å². The van der Waals surface area contributed by atoms with E-state index in [0.717, 1.165) is 0 Å². The minimum Gasteiger partial charge on any atom is -0.506 e. The Balaban J connectivity index is 2.75. The van der Waals surface area contributed by atoms with Crippen LogP contribution in [0.15, 0.2) is 12.1 Å². The molecule has 2 aromatic rings. The molecule has 4 nitrogen and oxygen atoms in total. The summed E-state index contributed by atoms with van der Waals surface area (Å²) in [5, 5.41) is 22.4. The zero-order valence-corrected chi connectivity index (χ0v) is 10.3. The molecule has 86 valence electrons. The first-order chi connectivity index (χ1) is 8.04. The zero-order chi connectivity index (χ0) is 12.6. The van der Waals surface area contributed by atoms with Gasteiger partial charge in [-0.25, -0.2) is 0 Å². The van der Waals surface area contributed by atoms with Crippen molar-refractivity contribution in [2.24, 2.45) is 0 Å². The van der Waals surface area contributed by atoms with Crippen molar-refractivity contribution in [2.75, 3.05) is 5.32 Å². The van der Waals surface area contributed by atoms with Gasteiger partial charge in [-0.05, 0) is 12.1 Å². The van der Waals surface area contributed by atoms with E-state index in [4.69, 9.17) is 16.9 Å². The molecule has 0 aliphatic carbocycles. The van der Waals surface area contributed by atoms with Crippen LogP contribution in [0.5, 0.6) is 5.75 Å². The van der Waals surface area contributed by atoms with Gasteiger partial charge in [0.1, 0.15) is 21.8 Å². The van der Waals surface area contributed by atoms with Crippen LogP contribution < -0.4 is 5.32 Å². The van der Waals surface area contributed by atoms with Crippen LogP contribution in [0.25, 0.3) is 10.1 Å². The highest BCUT2D eigenvalue weighted by atomic mass is 35.5. The van der Waals surface area contributed by atoms with E-state index in [1.165, 1.54) is 24.3 Å². The van der Waals surface area contributed by atoms with Crippen LogP contribution in [-0.2, 0) is 4.79 Å². The summed E-state index contributed by atoms with van der Waals surface area (Å²) < 4.78 is 0.590. The van der Waals surface area contributed by atoms with E-state index < -0.39 is 0 Å². The van der Waals surface area contributed by atoms with Gasteiger partial charge < -0.3 is 10.4 Å². The predicted octanol–water partition coefficient (Wildman–Crippen LogP) is 3.09. The molecule has 0 saturated carbocycles. The number of phenolic OH excluding ortho intramolecular Hbond substituents is 1. The van der Waals surface area contributed by atoms with Gasteiger partial charge in [-0.3, -0.25) is 4.79 Å². The number of rotatable bonds is 1. The average molecular weight is 267 g/mol. The highest BCUT2D eigenvalue weighted by Crippen LogP contribution is 2.42. The first-order valence-corrected chi connectivity index (χ1v) is 5.85. The van der Waals surface area contributed by atoms with Gasteiger partial charge in [0, 0.05) is 12.3 Å². The second kappa shape index (κ2) is 4.24. The van der Waals surface area contributed by atoms with E-state index in [9.17, 15) is 9.90 Å². The summed E-state index contributed by atoms with van der Waals surface area (Å²) in [5.74, 6) is -0.298. The molecule has 0 fully saturated rings. The lowest BCUT2D eigenvalue weighted by Crippen LogP contribution is -2.04. The molecule has 0 aliphatic rings. The number of amides is 1. The summed E-state index contributed by atoms with van der Waals surface area (Å²) in [6.45, 7) is 1.37. The number of halogens is 1. The lowest BCUT2D eigenvalue weighted by Gasteiger charge is -1.96. The third kappa shape index (κ3) is 1.93. The summed E-state index contributed by atoms with van der Waals surface area (Å²) >= 11 is 7.11. The number of hydrogen-bond donors (Lipinski definition) is 2. The van der Waals surface area contributed by atoms with Crippen molar-refractivity contribution in [3.63, 3.8) is 0 Å². The highest BCUT2D eigenvalue weighted by molar-refractivity contribution is 7.24. The summed E-state index contributed by atoms with van der Waals surface area (Å²) in [7, 11) is 0. The zero-order valence-electron chi connectivity index (χ0n) is 8.74. The summed E-state index contributed by atoms with van der Waals surface area (Å²) in [4.78, 5) is 11.0. The van der Waals surface area contributed by atoms with Crippen molar-refractivity contribution in [1.29, 1.82) is 5.26 Å². The summed E-state index contributed by atoms with van der Waals surface area (Å²) in [5.41, 5.74) is 0.363. The molecule has 1 amide bonds. The van der Waals surface area contributed by atoms with Crippen LogP contribution in [0.3, 0.4) is 0 Å². The van der Waals surface area contributed by atoms with Crippen LogP contribution in [0, 0.1) is 11.3 Å². The number of phenols is 1. The molecule has 0 saturated heterocycles. The fraction of sp³-hybridized carbons (Fsp3) is 0.0909. The van der Waals surface area contributed by atoms with Crippen LogP contribution >= 0.6 is 22.9 Å². The van der Waals surface area contributed by atoms with Gasteiger partial charge >= 0.3 is 0 Å². The van der Waals surface area contributed by atoms with Gasteiger partial charge in [0.05, 0.1) is 10.3 Å². The topological polar surface area (TPSA) is 73.1 Å². The number of hydrogen-bond acceptors (Lipinski definition) is 4. The molecule has 0 bridgehead atoms. The normalized spacial score (nSPS) is 10.2. The Morgan fingerprint density at radius 1 is 1.59 bits per heavy atom. The standard InChI is InChI=1S/C11H7ClN2O2S/c1-5(15)14-11-7(4-13)6-2-3-8(16)9(12)10(6)17-11/h2-3,16H,1H3,(H,14,15). The maximum absolute atomic E-state index is 11.0. The number of carbonyl (C=O) groups excluding carboxylic acids is 1. The number of fused-ring (bicyclic) bond motifs is 1. The molecule has 1 aromatic heterocycles. The molecular weight excluding hydrogens is 260 g/mol. The molecule has 0 spiro atoms. The van der Waals surface area contributed by atoms with Crippen molar-refractivity contribution >= 4 is 43.9 Å². The van der Waals surface area contributed by atoms with Crippen LogP contribution in [0.4, 0.5) is 5.00 Å². The fourth-order valence-electron chi connectivity index (χ4n) is 1.48. The highest BCUT2D eigenvalue weighted by Gasteiger charge is 2.16. The SMILES string of the molecule is CC(=O)Nc1sc2c(Cl)c(O)ccc2c1C#N. The molecule has 17 heavy (non-hydrogen) atoms. The molecule has 2 rings (SSSR count). The minimum atomic E-state index is -0.256. The predicted molar refractivity (Wildman–Crippen MR) is 67.5 cm³/mol. The van der Waals surface area contributed by atoms with E-state index >= 15 is 0 Å². The number of anilines is 1. The molecule has 1 aromatic carbocycles. The smallest absolute Gasteiger partial charge is 0.221 e. The molecule has 0 atom stereocenters. The Labute approximate surface area is 106 Å². The Hall–Kier alpha value is -1.77. The molecule has 2 N–H and O–H groups in total. The quantitative estimate of drug-likeness (QED) is 0.833. The van der Waals surface area contributed by atoms with Gasteiger partial charge in [-0.15, -0.1) is 11.3 Å². The summed E-state index contributed by atoms with van der Waals surface area (Å²) in [6.07, 6.45) is 0. The molecule has 6 heteroatoms. The summed E-state index contributed by atoms with van der Waals surface area (Å²) in [6, 6.07) is 5.06. The molecule has 0 unspecified atom stereocenters. The number of carbonyl (C=O) groups is 1. The van der Waals surface area contributed by atoms with Gasteiger partial charge in [0.2, 0.25) is 5.91 Å². The van der Waals surface area contributed by atoms with Gasteiger partial charge in [-0.2, -0.15) is 5.26 Å². The Morgan fingerprint density at radius 2 is 2.29 bits per heavy atom. The van der Waals surface area contributed by atoms with Gasteiger partial charge in [0.25, 0.3) is 0 Å². The lowest BCUT2D eigenvalue weighted by atomic mass is 10.2. The number of thiophene rings is 1. The van der Waals surface area contributed by atoms with E-state index in [-0.39, 0.29) is 16.7 Å². The number of benzene rings is 1. The largest absolute Gasteiger partial charge is 0.506 e. The molecular formula is C11H7ClN2O2S. The number of aromatic hydroxyl groups is 1. The minimum absolute atomic E-state index is 0.0423. The van der Waals surface area contributed by atoms with Crippen molar-refractivity contribution in [1.82, 2.24) is 0 Å². The number of nitrogens with zero attached hydrogens (tertiary/aromatic N) is 1. The lowest BCUT2D eigenvalue weighted by molar-refractivity contribution is -0.114. The first kappa shape index (κ1) is 11.7. The third-order valence-corrected chi connectivity index (χ3v) is 3.81. The fourth-order valence-corrected chi connectivity index (χ4v) is 2.89. The second-order valence-corrected chi connectivity index (χ2v) is 4.77. The van der Waals surface area contributed by atoms with Crippen LogP contribution in [0.2, 0.25) is 5.02 Å². The van der Waals surface area contributed by atoms with E-state index in [0.29, 0.717) is 20.7 Å². The Bertz CT molecular complexity index is 658. The third-order valence-electron chi connectivity index (χ3n) is 2.18. The average Bonchev–Trinajstić information content (AvgIpc) is 2.61. The first-order valence-electron chi connectivity index (χ1n) is 4.66. The van der Waals surface area contributed by atoms with Crippen molar-refractivity contribution in [2.45, 2.75) is 6.92 Å². The van der Waals surface area contributed by atoms with Crippen molar-refractivity contribution in [3.8, 4) is 11.8 Å². The Kier molecular flexibility index (Phi) is 2.92. The van der Waals surface area contributed by atoms with Crippen molar-refractivity contribution in [3.05, 3.63) is 22.7 Å².